The molecule has 3 rings (SSSR count). The van der Waals surface area contributed by atoms with Crippen LogP contribution in [0.15, 0.2) is 54.6 Å². The van der Waals surface area contributed by atoms with Crippen molar-refractivity contribution >= 4 is 5.97 Å². The third-order valence-electron chi connectivity index (χ3n) is 3.90. The van der Waals surface area contributed by atoms with Crippen molar-refractivity contribution < 1.29 is 29.1 Å². The molecule has 1 aliphatic heterocycles. The van der Waals surface area contributed by atoms with Gasteiger partial charge in [-0.25, -0.2) is 0 Å². The zero-order chi connectivity index (χ0) is 17.2. The monoisotopic (exact) mass is 330 g/mol. The van der Waals surface area contributed by atoms with Crippen molar-refractivity contribution in [2.45, 2.75) is 25.1 Å². The molecule has 0 bridgehead atoms. The maximum absolute atomic E-state index is 11.4. The largest absolute Gasteiger partial charge is 0.402 e. The Labute approximate surface area is 139 Å². The van der Waals surface area contributed by atoms with E-state index in [0.717, 1.165) is 0 Å². The van der Waals surface area contributed by atoms with Gasteiger partial charge in [0.05, 0.1) is 5.56 Å². The number of esters is 1. The summed E-state index contributed by atoms with van der Waals surface area (Å²) in [4.78, 5) is 22.0. The highest BCUT2D eigenvalue weighted by Gasteiger charge is 2.48. The highest BCUT2D eigenvalue weighted by molar-refractivity contribution is 5.66. The van der Waals surface area contributed by atoms with Gasteiger partial charge in [-0.3, -0.25) is 4.79 Å². The van der Waals surface area contributed by atoms with Crippen LogP contribution in [0.5, 0.6) is 0 Å². The molecule has 6 nitrogen and oxygen atoms in total. The molecule has 2 unspecified atom stereocenters. The normalized spacial score (nSPS) is 26.3. The average molecular weight is 330 g/mol. The van der Waals surface area contributed by atoms with Gasteiger partial charge in [0.1, 0.15) is 0 Å². The third kappa shape index (κ3) is 2.92. The molecule has 2 aromatic carbocycles. The Bertz CT molecular complexity index is 731. The topological polar surface area (TPSA) is 74.2 Å². The van der Waals surface area contributed by atoms with Crippen LogP contribution in [0, 0.1) is 0 Å². The minimum Gasteiger partial charge on any atom is -0.402 e. The highest BCUT2D eigenvalue weighted by atomic mass is 17.3. The summed E-state index contributed by atoms with van der Waals surface area (Å²) in [5.41, 5.74) is 1.66. The number of benzene rings is 2. The zero-order valence-electron chi connectivity index (χ0n) is 13.4. The molecular formula is C18H18O6. The molecule has 6 heteroatoms. The van der Waals surface area contributed by atoms with Crippen LogP contribution in [0.4, 0.5) is 0 Å². The van der Waals surface area contributed by atoms with Gasteiger partial charge in [0, 0.05) is 26.0 Å². The molecule has 1 aliphatic rings. The van der Waals surface area contributed by atoms with Gasteiger partial charge in [-0.1, -0.05) is 48.5 Å². The number of aliphatic hydroxyl groups is 1. The Morgan fingerprint density at radius 1 is 1.08 bits per heavy atom. The molecule has 126 valence electrons. The van der Waals surface area contributed by atoms with Crippen LogP contribution >= 0.6 is 0 Å². The van der Waals surface area contributed by atoms with Crippen molar-refractivity contribution in [3.8, 4) is 0 Å². The van der Waals surface area contributed by atoms with Gasteiger partial charge in [0.2, 0.25) is 5.79 Å². The van der Waals surface area contributed by atoms with Crippen molar-refractivity contribution in [1.82, 2.24) is 0 Å². The number of hydrogen-bond acceptors (Lipinski definition) is 6. The Hall–Kier alpha value is -2.25. The number of fused-ring (bicyclic) bond motifs is 1. The average Bonchev–Trinajstić information content (AvgIpc) is 2.71. The van der Waals surface area contributed by atoms with Crippen LogP contribution in [0.25, 0.3) is 0 Å². The highest BCUT2D eigenvalue weighted by Crippen LogP contribution is 2.41. The molecule has 0 fully saturated rings. The molecule has 0 spiro atoms. The molecule has 2 aromatic rings. The van der Waals surface area contributed by atoms with Crippen molar-refractivity contribution in [3.63, 3.8) is 0 Å². The second-order valence-electron chi connectivity index (χ2n) is 5.50. The number of hydrogen-bond donors (Lipinski definition) is 1. The molecule has 0 amide bonds. The molecule has 2 atom stereocenters. The van der Waals surface area contributed by atoms with Crippen molar-refractivity contribution in [2.24, 2.45) is 0 Å². The van der Waals surface area contributed by atoms with Gasteiger partial charge < -0.3 is 14.6 Å². The van der Waals surface area contributed by atoms with Gasteiger partial charge in [-0.2, -0.15) is 9.78 Å². The molecule has 0 radical (unpaired) electrons. The number of rotatable bonds is 3. The first-order valence-electron chi connectivity index (χ1n) is 7.47. The molecule has 0 saturated heterocycles. The lowest BCUT2D eigenvalue weighted by Crippen LogP contribution is -2.38. The van der Waals surface area contributed by atoms with E-state index in [0.29, 0.717) is 11.1 Å². The van der Waals surface area contributed by atoms with E-state index in [-0.39, 0.29) is 12.0 Å². The summed E-state index contributed by atoms with van der Waals surface area (Å²) < 4.78 is 10.6. The van der Waals surface area contributed by atoms with Gasteiger partial charge in [-0.15, -0.1) is 0 Å². The minimum absolute atomic E-state index is 0.257. The lowest BCUT2D eigenvalue weighted by atomic mass is 9.94. The van der Waals surface area contributed by atoms with Crippen molar-refractivity contribution in [2.75, 3.05) is 7.11 Å². The van der Waals surface area contributed by atoms with Gasteiger partial charge in [0.25, 0.3) is 0 Å². The van der Waals surface area contributed by atoms with E-state index in [4.69, 9.17) is 19.2 Å². The molecule has 0 aliphatic carbocycles. The molecule has 0 aromatic heterocycles. The Balaban J connectivity index is 2.10. The summed E-state index contributed by atoms with van der Waals surface area (Å²) >= 11 is 0. The van der Waals surface area contributed by atoms with Gasteiger partial charge in [0.15, 0.2) is 0 Å². The van der Waals surface area contributed by atoms with E-state index in [2.05, 4.69) is 0 Å². The predicted octanol–water partition coefficient (Wildman–Crippen LogP) is 2.36. The first-order chi connectivity index (χ1) is 11.5. The lowest BCUT2D eigenvalue weighted by Gasteiger charge is -2.31. The summed E-state index contributed by atoms with van der Waals surface area (Å²) in [6.07, 6.45) is 0.257. The second kappa shape index (κ2) is 6.33. The van der Waals surface area contributed by atoms with Crippen LogP contribution in [0.3, 0.4) is 0 Å². The van der Waals surface area contributed by atoms with Gasteiger partial charge in [-0.05, 0) is 11.6 Å². The smallest absolute Gasteiger partial charge is 0.383 e. The van der Waals surface area contributed by atoms with Crippen LogP contribution < -0.4 is 0 Å². The minimum atomic E-state index is -2.35. The third-order valence-corrected chi connectivity index (χ3v) is 3.90. The Morgan fingerprint density at radius 2 is 1.75 bits per heavy atom. The van der Waals surface area contributed by atoms with Crippen LogP contribution in [0.1, 0.15) is 23.6 Å². The van der Waals surface area contributed by atoms with Crippen molar-refractivity contribution in [3.05, 3.63) is 71.3 Å². The number of ether oxygens (including phenoxy) is 2. The van der Waals surface area contributed by atoms with E-state index in [1.54, 1.807) is 18.2 Å². The summed E-state index contributed by atoms with van der Waals surface area (Å²) in [5.74, 6) is -4.35. The molecular weight excluding hydrogens is 312 g/mol. The molecule has 24 heavy (non-hydrogen) atoms. The van der Waals surface area contributed by atoms with Crippen LogP contribution in [-0.2, 0) is 42.2 Å². The van der Waals surface area contributed by atoms with Crippen LogP contribution in [0.2, 0.25) is 0 Å². The SMILES string of the molecule is COC1(c2ccccc2)Cc2ccccc2C(O)(OC(C)=O)OO1. The maximum atomic E-state index is 11.4. The second-order valence-corrected chi connectivity index (χ2v) is 5.50. The fourth-order valence-electron chi connectivity index (χ4n) is 2.76. The quantitative estimate of drug-likeness (QED) is 0.529. The summed E-state index contributed by atoms with van der Waals surface area (Å²) in [6.45, 7) is 1.18. The summed E-state index contributed by atoms with van der Waals surface area (Å²) in [7, 11) is 1.48. The maximum Gasteiger partial charge on any atom is 0.383 e. The molecule has 1 N–H and O–H groups in total. The molecule has 0 saturated carbocycles. The van der Waals surface area contributed by atoms with E-state index in [1.807, 2.05) is 36.4 Å². The number of carbonyl (C=O) groups excluding carboxylic acids is 1. The fourth-order valence-corrected chi connectivity index (χ4v) is 2.76. The first kappa shape index (κ1) is 16.6. The predicted molar refractivity (Wildman–Crippen MR) is 83.1 cm³/mol. The van der Waals surface area contributed by atoms with Crippen molar-refractivity contribution in [1.29, 1.82) is 0 Å². The standard InChI is InChI=1S/C18H18O6/c1-13(19)22-18(20)16-11-7-6-8-14(16)12-17(21-2,23-24-18)15-9-4-3-5-10-15/h3-11,20H,12H2,1-2H3. The van der Waals surface area contributed by atoms with E-state index in [9.17, 15) is 9.90 Å². The Kier molecular flexibility index (Phi) is 4.38. The zero-order valence-corrected chi connectivity index (χ0v) is 13.4. The van der Waals surface area contributed by atoms with Gasteiger partial charge >= 0.3 is 11.9 Å². The summed E-state index contributed by atoms with van der Waals surface area (Å²) in [6, 6.07) is 16.1. The number of methoxy groups -OCH3 is 1. The summed E-state index contributed by atoms with van der Waals surface area (Å²) in [5, 5.41) is 10.7. The molecule has 1 heterocycles. The number of carbonyl (C=O) groups is 1. The van der Waals surface area contributed by atoms with E-state index < -0.39 is 17.7 Å². The fraction of sp³-hybridized carbons (Fsp3) is 0.278. The Morgan fingerprint density at radius 3 is 2.42 bits per heavy atom. The lowest BCUT2D eigenvalue weighted by molar-refractivity contribution is -0.548. The van der Waals surface area contributed by atoms with E-state index >= 15 is 0 Å². The first-order valence-corrected chi connectivity index (χ1v) is 7.47. The van der Waals surface area contributed by atoms with Crippen LogP contribution in [-0.4, -0.2) is 18.2 Å². The van der Waals surface area contributed by atoms with E-state index in [1.165, 1.54) is 14.0 Å².